The van der Waals surface area contributed by atoms with E-state index in [2.05, 4.69) is 211 Å². The molecule has 0 radical (unpaired) electrons. The van der Waals surface area contributed by atoms with Crippen LogP contribution in [0.2, 0.25) is 0 Å². The molecule has 142 heavy (non-hydrogen) atoms. The van der Waals surface area contributed by atoms with Gasteiger partial charge in [0.05, 0.1) is 0 Å². The average molecular weight is 1920 g/mol. The molecule has 2 saturated carbocycles. The zero-order valence-corrected chi connectivity index (χ0v) is 87.5. The summed E-state index contributed by atoms with van der Waals surface area (Å²) >= 11 is 0. The third-order valence-corrected chi connectivity index (χ3v) is 30.3. The van der Waals surface area contributed by atoms with Crippen molar-refractivity contribution >= 4 is 47.8 Å². The minimum Gasteiger partial charge on any atom is -0.454 e. The Kier molecular flexibility index (Phi) is 37.5. The molecule has 16 heteroatoms. The molecule has 10 aliphatic carbocycles. The summed E-state index contributed by atoms with van der Waals surface area (Å²) in [6.45, 7) is 64.1. The fraction of sp³-hybridized carbons (Fsp3) is 0.429. The van der Waals surface area contributed by atoms with Crippen molar-refractivity contribution < 1.29 is 76.3 Å². The molecule has 14 atom stereocenters. The molecule has 2 fully saturated rings. The van der Waals surface area contributed by atoms with Gasteiger partial charge in [-0.3, -0.25) is 0 Å². The highest BCUT2D eigenvalue weighted by atomic mass is 16.6. The second-order valence-electron chi connectivity index (χ2n) is 42.2. The lowest BCUT2D eigenvalue weighted by molar-refractivity contribution is -0.163. The maximum absolute atomic E-state index is 12.0. The molecule has 0 amide bonds. The number of fused-ring (bicyclic) bond motifs is 9. The van der Waals surface area contributed by atoms with Crippen LogP contribution in [-0.4, -0.2) is 47.8 Å². The number of hydrogen-bond acceptors (Lipinski definition) is 16. The summed E-state index contributed by atoms with van der Waals surface area (Å²) in [7, 11) is 0. The van der Waals surface area contributed by atoms with E-state index in [1.807, 2.05) is 105 Å². The van der Waals surface area contributed by atoms with E-state index in [1.165, 1.54) is 94.2 Å². The number of esters is 8. The van der Waals surface area contributed by atoms with Gasteiger partial charge in [0.25, 0.3) is 0 Å². The predicted octanol–water partition coefficient (Wildman–Crippen LogP) is 30.0. The van der Waals surface area contributed by atoms with E-state index < -0.39 is 11.2 Å². The number of rotatable bonds is 20. The summed E-state index contributed by atoms with van der Waals surface area (Å²) in [5.41, 5.74) is 22.9. The Morgan fingerprint density at radius 2 is 0.662 bits per heavy atom. The van der Waals surface area contributed by atoms with Gasteiger partial charge in [-0.2, -0.15) is 0 Å². The molecule has 8 aromatic rings. The Labute approximate surface area is 845 Å². The highest BCUT2D eigenvalue weighted by molar-refractivity contribution is 5.91. The lowest BCUT2D eigenvalue weighted by Crippen LogP contribution is -2.41. The van der Waals surface area contributed by atoms with Crippen LogP contribution in [0.4, 0.5) is 0 Å². The van der Waals surface area contributed by atoms with Crippen molar-refractivity contribution in [3.05, 3.63) is 380 Å². The van der Waals surface area contributed by atoms with Crippen molar-refractivity contribution in [2.45, 2.75) is 323 Å². The van der Waals surface area contributed by atoms with Crippen LogP contribution in [-0.2, 0) is 111 Å². The van der Waals surface area contributed by atoms with Crippen molar-refractivity contribution in [3.63, 3.8) is 0 Å². The Morgan fingerprint density at radius 3 is 1.11 bits per heavy atom. The third-order valence-electron chi connectivity index (χ3n) is 30.3. The molecule has 752 valence electrons. The zero-order chi connectivity index (χ0) is 104. The quantitative estimate of drug-likeness (QED) is 0.0394. The van der Waals surface area contributed by atoms with Crippen molar-refractivity contribution in [1.29, 1.82) is 0 Å². The number of ether oxygens (including phenoxy) is 8. The smallest absolute Gasteiger partial charge is 0.333 e. The molecule has 0 aromatic heterocycles. The zero-order valence-electron chi connectivity index (χ0n) is 87.5. The van der Waals surface area contributed by atoms with E-state index >= 15 is 0 Å². The van der Waals surface area contributed by atoms with Crippen molar-refractivity contribution in [2.24, 2.45) is 23.7 Å². The van der Waals surface area contributed by atoms with Crippen LogP contribution in [0.25, 0.3) is 0 Å². The normalized spacial score (nSPS) is 23.5. The third kappa shape index (κ3) is 26.5. The predicted molar refractivity (Wildman–Crippen MR) is 565 cm³/mol. The number of carbonyl (C=O) groups is 8. The first-order valence-electron chi connectivity index (χ1n) is 51.0. The Balaban J connectivity index is 0.000000155. The topological polar surface area (TPSA) is 210 Å². The van der Waals surface area contributed by atoms with Crippen LogP contribution >= 0.6 is 0 Å². The average Bonchev–Trinajstić information content (AvgIpc) is 1.56. The van der Waals surface area contributed by atoms with Gasteiger partial charge in [0.2, 0.25) is 0 Å². The molecule has 16 nitrogen and oxygen atoms in total. The fourth-order valence-corrected chi connectivity index (χ4v) is 21.8. The van der Waals surface area contributed by atoms with E-state index in [4.69, 9.17) is 37.9 Å². The lowest BCUT2D eigenvalue weighted by Gasteiger charge is -2.42. The largest absolute Gasteiger partial charge is 0.454 e. The van der Waals surface area contributed by atoms with E-state index in [0.29, 0.717) is 91.4 Å². The molecule has 18 rings (SSSR count). The molecular formula is C126H152O16. The minimum absolute atomic E-state index is 0.0661. The number of carbonyl (C=O) groups excluding carboxylic acids is 8. The van der Waals surface area contributed by atoms with Gasteiger partial charge in [-0.15, -0.1) is 0 Å². The summed E-state index contributed by atoms with van der Waals surface area (Å²) in [5.74, 6) is 1.69. The first kappa shape index (κ1) is 110. The van der Waals surface area contributed by atoms with Gasteiger partial charge in [0.1, 0.15) is 47.8 Å². The lowest BCUT2D eigenvalue weighted by atomic mass is 9.71. The highest BCUT2D eigenvalue weighted by Gasteiger charge is 2.54. The molecule has 14 unspecified atom stereocenters. The molecule has 0 aliphatic heterocycles. The van der Waals surface area contributed by atoms with Crippen molar-refractivity contribution in [1.82, 2.24) is 0 Å². The van der Waals surface area contributed by atoms with E-state index in [1.54, 1.807) is 55.4 Å². The van der Waals surface area contributed by atoms with Crippen LogP contribution in [0.5, 0.6) is 0 Å². The SMILES string of the molecule is C=C(C)C(=O)OC1(C)c2ccccc2CCC1C.C=C(C)C(=O)OC1(C)c2ccccc2CCC1CC.C=C(C)C(=O)OC1CC(C(C)C)c2ccccc21.C=C(C)C(=O)OC1CC(C)(C)c2ccccc21.C=C(C)C(=O)OC1CC(C)c2ccccc21.C=C(C)C(=O)OC1CC(C2CCCC2)c2ccccc21.C=C(C)C(=O)OC1CC(CC)c2ccccc21.C=C(C)C(=O)OC1CC2(CC2)c2ccccc21. The molecule has 0 N–H and O–H groups in total. The first-order chi connectivity index (χ1) is 67.4. The van der Waals surface area contributed by atoms with Gasteiger partial charge in [0, 0.05) is 56.4 Å². The Hall–Kier alpha value is -12.6. The maximum Gasteiger partial charge on any atom is 0.333 e. The monoisotopic (exact) mass is 1920 g/mol. The molecule has 8 aromatic carbocycles. The second kappa shape index (κ2) is 48.5. The summed E-state index contributed by atoms with van der Waals surface area (Å²) in [6, 6.07) is 66.2. The number of benzene rings is 8. The summed E-state index contributed by atoms with van der Waals surface area (Å²) in [4.78, 5) is 93.6. The van der Waals surface area contributed by atoms with E-state index in [-0.39, 0.29) is 89.8 Å². The molecular weight excluding hydrogens is 1770 g/mol. The van der Waals surface area contributed by atoms with Gasteiger partial charge < -0.3 is 37.9 Å². The first-order valence-corrected chi connectivity index (χ1v) is 51.0. The standard InChI is InChI=1S/C18H22O2.C17H22O2.2C16H20O2.C15H16O2.2C15H18O2.C14H16O2/c1-12(2)18(19)20-17-11-16(13-7-3-4-8-13)14-9-5-6-10-15(14)17;1-5-14-11-10-13-8-6-7-9-15(13)17(14,4)19-16(18)12(2)3;1-11(2)15(17)18-16(4)12(3)9-10-13-7-5-6-8-14(13)16;1-10(2)14-9-15(18-16(17)11(3)4)13-8-6-5-7-12(13)14;1-10(2)14(16)17-13-9-15(7-8-15)12-6-4-3-5-11(12)13;1-10(2)14(16)17-13-9-15(3,4)12-8-6-5-7-11(12)13;1-4-11-9-14(17-15(16)10(2)3)13-8-6-5-7-12(11)13;1-9(2)14(15)16-13-8-10(3)11-6-4-5-7-12(11)13/h5-6,9-10,13,16-17H,1,3-4,7-8,11H2,2H3;6-9,14H,2,5,10-11H2,1,3-4H3;5-8,12H,1,9-10H2,2-4H3;5-8,10,14-15H,3,9H2,1-2,4H3;3-6,13H,1,7-9H2,2H3;5-8,13H,1,9H2,2-4H3;5-8,11,14H,2,4,9H2,1,3H3;4-7,10,13H,1,8H2,2-3H3. The van der Waals surface area contributed by atoms with Crippen molar-refractivity contribution in [2.75, 3.05) is 0 Å². The van der Waals surface area contributed by atoms with E-state index in [0.717, 1.165) is 116 Å². The van der Waals surface area contributed by atoms with Crippen LogP contribution < -0.4 is 0 Å². The van der Waals surface area contributed by atoms with Crippen LogP contribution in [0.3, 0.4) is 0 Å². The molecule has 0 heterocycles. The van der Waals surface area contributed by atoms with Gasteiger partial charge in [-0.05, 0) is 307 Å². The van der Waals surface area contributed by atoms with Gasteiger partial charge in [0.15, 0.2) is 0 Å². The van der Waals surface area contributed by atoms with Crippen molar-refractivity contribution in [3.8, 4) is 0 Å². The van der Waals surface area contributed by atoms with Crippen LogP contribution in [0, 0.1) is 23.7 Å². The van der Waals surface area contributed by atoms with Gasteiger partial charge >= 0.3 is 47.8 Å². The van der Waals surface area contributed by atoms with Crippen LogP contribution in [0.15, 0.2) is 291 Å². The maximum atomic E-state index is 12.0. The molecule has 1 spiro atoms. The Morgan fingerprint density at radius 1 is 0.331 bits per heavy atom. The van der Waals surface area contributed by atoms with Gasteiger partial charge in [-0.25, -0.2) is 38.4 Å². The second-order valence-corrected chi connectivity index (χ2v) is 42.2. The molecule has 10 aliphatic rings. The summed E-state index contributed by atoms with van der Waals surface area (Å²) < 4.78 is 44.7. The fourth-order valence-electron chi connectivity index (χ4n) is 21.8. The summed E-state index contributed by atoms with van der Waals surface area (Å²) in [5, 5.41) is 0. The number of aryl methyl sites for hydroxylation is 2. The molecule has 0 bridgehead atoms. The summed E-state index contributed by atoms with van der Waals surface area (Å²) in [6.07, 6.45) is 18.9. The van der Waals surface area contributed by atoms with E-state index in [9.17, 15) is 38.4 Å². The van der Waals surface area contributed by atoms with Crippen LogP contribution in [0.1, 0.15) is 377 Å². The van der Waals surface area contributed by atoms with Gasteiger partial charge in [-0.1, -0.05) is 315 Å². The Bertz CT molecular complexity index is 5940. The minimum atomic E-state index is -0.537. The number of hydrogen-bond donors (Lipinski definition) is 0. The highest BCUT2D eigenvalue weighted by Crippen LogP contribution is 2.61. The molecule has 0 saturated heterocycles.